The Bertz CT molecular complexity index is 461. The van der Waals surface area contributed by atoms with Gasteiger partial charge >= 0.3 is 5.51 Å². The normalized spacial score (nSPS) is 12.6. The number of oxime groups is 1. The van der Waals surface area contributed by atoms with Gasteiger partial charge in [0.15, 0.2) is 0 Å². The van der Waals surface area contributed by atoms with Gasteiger partial charge in [-0.15, -0.1) is 0 Å². The molecule has 1 N–H and O–H groups in total. The zero-order chi connectivity index (χ0) is 14.5. The highest BCUT2D eigenvalue weighted by Gasteiger charge is 2.27. The summed E-state index contributed by atoms with van der Waals surface area (Å²) in [6, 6.07) is 5.18. The molecule has 7 heteroatoms. The van der Waals surface area contributed by atoms with Crippen LogP contribution in [0.4, 0.5) is 13.2 Å². The largest absolute Gasteiger partial charge is 0.492 e. The third-order valence-corrected chi connectivity index (χ3v) is 2.98. The average molecular weight is 293 g/mol. The molecule has 0 saturated carbocycles. The van der Waals surface area contributed by atoms with Gasteiger partial charge in [-0.3, -0.25) is 0 Å². The Morgan fingerprint density at radius 3 is 2.68 bits per heavy atom. The Labute approximate surface area is 113 Å². The smallest absolute Gasteiger partial charge is 0.441 e. The molecule has 0 heterocycles. The highest BCUT2D eigenvalue weighted by molar-refractivity contribution is 8.00. The van der Waals surface area contributed by atoms with Crippen molar-refractivity contribution in [3.63, 3.8) is 0 Å². The van der Waals surface area contributed by atoms with Gasteiger partial charge in [0.2, 0.25) is 0 Å². The minimum atomic E-state index is -4.25. The number of nitrogens with zero attached hydrogens (tertiary/aromatic N) is 1. The lowest BCUT2D eigenvalue weighted by Crippen LogP contribution is -2.09. The zero-order valence-electron chi connectivity index (χ0n) is 10.5. The van der Waals surface area contributed by atoms with E-state index in [1.807, 2.05) is 6.92 Å². The van der Waals surface area contributed by atoms with E-state index in [2.05, 4.69) is 5.16 Å². The summed E-state index contributed by atoms with van der Waals surface area (Å²) in [7, 11) is 0. The molecule has 0 radical (unpaired) electrons. The monoisotopic (exact) mass is 293 g/mol. The fraction of sp³-hybridized carbons (Fsp3) is 0.417. The van der Waals surface area contributed by atoms with Gasteiger partial charge in [-0.05, 0) is 37.7 Å². The number of thioether (sulfide) groups is 1. The molecule has 0 amide bonds. The van der Waals surface area contributed by atoms with Gasteiger partial charge in [-0.25, -0.2) is 0 Å². The molecule has 1 aromatic carbocycles. The van der Waals surface area contributed by atoms with Crippen LogP contribution in [-0.2, 0) is 0 Å². The van der Waals surface area contributed by atoms with Crippen LogP contribution in [0.5, 0.6) is 5.75 Å². The molecule has 0 saturated heterocycles. The number of alkyl halides is 3. The maximum Gasteiger partial charge on any atom is 0.441 e. The van der Waals surface area contributed by atoms with E-state index in [4.69, 9.17) is 9.94 Å². The number of aryl methyl sites for hydroxylation is 1. The van der Waals surface area contributed by atoms with Crippen molar-refractivity contribution in [3.05, 3.63) is 29.3 Å². The standard InChI is InChI=1S/C12H14F3NO2S/c1-8-3-4-11(10(7-8)9(2)16-17)18-5-6-19-12(13,14)15/h3-4,7,17H,5-6H2,1-2H3/b16-9-. The van der Waals surface area contributed by atoms with Crippen molar-refractivity contribution < 1.29 is 23.1 Å². The second kappa shape index (κ2) is 6.70. The molecule has 19 heavy (non-hydrogen) atoms. The average Bonchev–Trinajstić information content (AvgIpc) is 2.33. The topological polar surface area (TPSA) is 41.8 Å². The molecule has 0 unspecified atom stereocenters. The summed E-state index contributed by atoms with van der Waals surface area (Å²) in [6.07, 6.45) is 0. The lowest BCUT2D eigenvalue weighted by molar-refractivity contribution is -0.0329. The van der Waals surface area contributed by atoms with Crippen molar-refractivity contribution in [1.82, 2.24) is 0 Å². The second-order valence-corrected chi connectivity index (χ2v) is 4.99. The molecule has 0 aliphatic heterocycles. The van der Waals surface area contributed by atoms with Gasteiger partial charge < -0.3 is 9.94 Å². The fourth-order valence-corrected chi connectivity index (χ4v) is 1.81. The molecule has 1 aromatic rings. The number of halogens is 3. The summed E-state index contributed by atoms with van der Waals surface area (Å²) in [4.78, 5) is 0. The van der Waals surface area contributed by atoms with Crippen LogP contribution in [0.3, 0.4) is 0 Å². The van der Waals surface area contributed by atoms with Crippen LogP contribution >= 0.6 is 11.8 Å². The predicted octanol–water partition coefficient (Wildman–Crippen LogP) is 3.83. The van der Waals surface area contributed by atoms with E-state index >= 15 is 0 Å². The summed E-state index contributed by atoms with van der Waals surface area (Å²) in [6.45, 7) is 3.38. The van der Waals surface area contributed by atoms with Crippen LogP contribution in [0.25, 0.3) is 0 Å². The second-order valence-electron chi connectivity index (χ2n) is 3.83. The van der Waals surface area contributed by atoms with Crippen LogP contribution in [0, 0.1) is 6.92 Å². The Morgan fingerprint density at radius 2 is 2.11 bits per heavy atom. The van der Waals surface area contributed by atoms with Crippen molar-refractivity contribution in [2.75, 3.05) is 12.4 Å². The highest BCUT2D eigenvalue weighted by Crippen LogP contribution is 2.30. The molecule has 0 aromatic heterocycles. The van der Waals surface area contributed by atoms with Gasteiger partial charge in [-0.2, -0.15) is 13.2 Å². The highest BCUT2D eigenvalue weighted by atomic mass is 32.2. The van der Waals surface area contributed by atoms with Crippen LogP contribution in [-0.4, -0.2) is 28.8 Å². The Hall–Kier alpha value is -1.37. The molecule has 106 valence electrons. The third kappa shape index (κ3) is 5.42. The Morgan fingerprint density at radius 1 is 1.42 bits per heavy atom. The SMILES string of the molecule is C/C(=N/O)c1cc(C)ccc1OCCSC(F)(F)F. The maximum absolute atomic E-state index is 12.0. The molecule has 0 aliphatic carbocycles. The predicted molar refractivity (Wildman–Crippen MR) is 69.2 cm³/mol. The van der Waals surface area contributed by atoms with Gasteiger partial charge in [0.1, 0.15) is 5.75 Å². The first-order valence-electron chi connectivity index (χ1n) is 5.46. The molecule has 0 bridgehead atoms. The van der Waals surface area contributed by atoms with E-state index in [-0.39, 0.29) is 24.1 Å². The van der Waals surface area contributed by atoms with Crippen LogP contribution in [0.1, 0.15) is 18.1 Å². The lowest BCUT2D eigenvalue weighted by atomic mass is 10.1. The first kappa shape index (κ1) is 15.7. The summed E-state index contributed by atoms with van der Waals surface area (Å²) >= 11 is -0.129. The first-order chi connectivity index (χ1) is 8.83. The van der Waals surface area contributed by atoms with Crippen LogP contribution in [0.15, 0.2) is 23.4 Å². The van der Waals surface area contributed by atoms with E-state index in [1.165, 1.54) is 0 Å². The number of benzene rings is 1. The zero-order valence-corrected chi connectivity index (χ0v) is 11.3. The fourth-order valence-electron chi connectivity index (χ4n) is 1.42. The summed E-state index contributed by atoms with van der Waals surface area (Å²) in [5, 5.41) is 11.8. The molecular weight excluding hydrogens is 279 g/mol. The first-order valence-corrected chi connectivity index (χ1v) is 6.45. The number of ether oxygens (including phenoxy) is 1. The van der Waals surface area contributed by atoms with Crippen molar-refractivity contribution in [1.29, 1.82) is 0 Å². The van der Waals surface area contributed by atoms with Crippen molar-refractivity contribution in [2.24, 2.45) is 5.16 Å². The minimum Gasteiger partial charge on any atom is -0.492 e. The number of rotatable bonds is 5. The quantitative estimate of drug-likeness (QED) is 0.388. The van der Waals surface area contributed by atoms with Crippen LogP contribution in [0.2, 0.25) is 0 Å². The number of hydrogen-bond acceptors (Lipinski definition) is 4. The van der Waals surface area contributed by atoms with Gasteiger partial charge in [0.25, 0.3) is 0 Å². The number of hydrogen-bond donors (Lipinski definition) is 1. The Kier molecular flexibility index (Phi) is 5.53. The lowest BCUT2D eigenvalue weighted by Gasteiger charge is -2.12. The van der Waals surface area contributed by atoms with E-state index in [0.717, 1.165) is 5.56 Å². The molecule has 0 aliphatic rings. The van der Waals surface area contributed by atoms with Crippen LogP contribution < -0.4 is 4.74 Å². The van der Waals surface area contributed by atoms with E-state index < -0.39 is 5.51 Å². The molecule has 0 fully saturated rings. The summed E-state index contributed by atoms with van der Waals surface area (Å²) in [5.41, 5.74) is -2.39. The minimum absolute atomic E-state index is 0.0705. The maximum atomic E-state index is 12.0. The van der Waals surface area contributed by atoms with Crippen molar-refractivity contribution >= 4 is 17.5 Å². The summed E-state index contributed by atoms with van der Waals surface area (Å²) < 4.78 is 41.2. The molecular formula is C12H14F3NO2S. The van der Waals surface area contributed by atoms with Gasteiger partial charge in [-0.1, -0.05) is 16.8 Å². The molecule has 0 spiro atoms. The van der Waals surface area contributed by atoms with E-state index in [9.17, 15) is 13.2 Å². The van der Waals surface area contributed by atoms with Gasteiger partial charge in [0, 0.05) is 11.3 Å². The third-order valence-electron chi connectivity index (χ3n) is 2.28. The summed E-state index contributed by atoms with van der Waals surface area (Å²) in [5.74, 6) is 0.218. The molecule has 3 nitrogen and oxygen atoms in total. The van der Waals surface area contributed by atoms with E-state index in [0.29, 0.717) is 17.0 Å². The Balaban J connectivity index is 2.68. The van der Waals surface area contributed by atoms with E-state index in [1.54, 1.807) is 25.1 Å². The van der Waals surface area contributed by atoms with Crippen molar-refractivity contribution in [3.8, 4) is 5.75 Å². The molecule has 0 atom stereocenters. The molecule has 1 rings (SSSR count). The van der Waals surface area contributed by atoms with Gasteiger partial charge in [0.05, 0.1) is 12.3 Å². The van der Waals surface area contributed by atoms with Crippen molar-refractivity contribution in [2.45, 2.75) is 19.4 Å².